The van der Waals surface area contributed by atoms with Gasteiger partial charge in [0.25, 0.3) is 5.91 Å². The minimum atomic E-state index is -1.03. The number of rotatable bonds is 11. The molecule has 7 heteroatoms. The number of aliphatic carboxylic acids is 1. The number of benzene rings is 4. The molecule has 0 radical (unpaired) electrons. The second-order valence-corrected chi connectivity index (χ2v) is 9.96. The molecule has 0 saturated heterocycles. The van der Waals surface area contributed by atoms with Gasteiger partial charge in [0, 0.05) is 5.56 Å². The van der Waals surface area contributed by atoms with Gasteiger partial charge in [-0.05, 0) is 76.1 Å². The summed E-state index contributed by atoms with van der Waals surface area (Å²) in [5.74, 6) is -0.775. The summed E-state index contributed by atoms with van der Waals surface area (Å²) < 4.78 is 6.10. The number of amides is 1. The average Bonchev–Trinajstić information content (AvgIpc) is 2.91. The van der Waals surface area contributed by atoms with E-state index in [1.165, 1.54) is 10.8 Å². The van der Waals surface area contributed by atoms with Gasteiger partial charge in [-0.2, -0.15) is 11.8 Å². The van der Waals surface area contributed by atoms with Crippen molar-refractivity contribution in [1.82, 2.24) is 5.32 Å². The van der Waals surface area contributed by atoms with Crippen LogP contribution in [0.15, 0.2) is 84.9 Å². The van der Waals surface area contributed by atoms with Crippen LogP contribution in [0.3, 0.4) is 0 Å². The Morgan fingerprint density at radius 1 is 0.921 bits per heavy atom. The SMILES string of the molecule is CSCCC(NC(=O)c1ccc(COCc2cccc3ccccc23)cc1-c1ccccc1C)C(=O)O.[LiH]. The van der Waals surface area contributed by atoms with E-state index in [2.05, 4.69) is 29.6 Å². The van der Waals surface area contributed by atoms with E-state index in [4.69, 9.17) is 4.74 Å². The van der Waals surface area contributed by atoms with Crippen LogP contribution in [0.5, 0.6) is 0 Å². The number of aryl methyl sites for hydroxylation is 1. The van der Waals surface area contributed by atoms with Gasteiger partial charge in [0.05, 0.1) is 13.2 Å². The average molecular weight is 522 g/mol. The first kappa shape index (κ1) is 29.5. The van der Waals surface area contributed by atoms with Crippen molar-refractivity contribution in [3.63, 3.8) is 0 Å². The molecule has 0 aromatic heterocycles. The number of fused-ring (bicyclic) bond motifs is 1. The van der Waals surface area contributed by atoms with Gasteiger partial charge < -0.3 is 15.2 Å². The molecule has 0 aliphatic carbocycles. The summed E-state index contributed by atoms with van der Waals surface area (Å²) in [6.45, 7) is 2.85. The van der Waals surface area contributed by atoms with Crippen molar-refractivity contribution >= 4 is 53.3 Å². The molecule has 1 atom stereocenters. The summed E-state index contributed by atoms with van der Waals surface area (Å²) in [5, 5.41) is 14.7. The van der Waals surface area contributed by atoms with Gasteiger partial charge in [0.1, 0.15) is 6.04 Å². The number of nitrogens with one attached hydrogen (secondary N) is 1. The molecule has 4 rings (SSSR count). The van der Waals surface area contributed by atoms with Crippen molar-refractivity contribution in [2.24, 2.45) is 0 Å². The van der Waals surface area contributed by atoms with Gasteiger partial charge in [0.15, 0.2) is 0 Å². The Morgan fingerprint density at radius 3 is 2.42 bits per heavy atom. The minimum absolute atomic E-state index is 0. The molecular weight excluding hydrogens is 489 g/mol. The molecule has 38 heavy (non-hydrogen) atoms. The van der Waals surface area contributed by atoms with E-state index >= 15 is 0 Å². The van der Waals surface area contributed by atoms with Gasteiger partial charge >= 0.3 is 24.8 Å². The Morgan fingerprint density at radius 2 is 1.66 bits per heavy atom. The van der Waals surface area contributed by atoms with Crippen LogP contribution in [-0.4, -0.2) is 53.9 Å². The molecule has 192 valence electrons. The summed E-state index contributed by atoms with van der Waals surface area (Å²) in [4.78, 5) is 25.0. The molecule has 1 amide bonds. The fourth-order valence-corrected chi connectivity index (χ4v) is 4.87. The van der Waals surface area contributed by atoms with Crippen LogP contribution in [0.25, 0.3) is 21.9 Å². The monoisotopic (exact) mass is 521 g/mol. The first-order valence-corrected chi connectivity index (χ1v) is 13.6. The quantitative estimate of drug-likeness (QED) is 0.243. The van der Waals surface area contributed by atoms with Crippen molar-refractivity contribution in [3.05, 3.63) is 107 Å². The molecule has 0 spiro atoms. The van der Waals surface area contributed by atoms with E-state index in [1.807, 2.05) is 67.8 Å². The third-order valence-electron chi connectivity index (χ3n) is 6.38. The molecule has 4 aromatic rings. The maximum atomic E-state index is 13.3. The van der Waals surface area contributed by atoms with Crippen LogP contribution < -0.4 is 5.32 Å². The van der Waals surface area contributed by atoms with Crippen LogP contribution in [0.1, 0.15) is 33.5 Å². The third-order valence-corrected chi connectivity index (χ3v) is 7.03. The fraction of sp³-hybridized carbons (Fsp3) is 0.226. The normalized spacial score (nSPS) is 11.5. The summed E-state index contributed by atoms with van der Waals surface area (Å²) in [6, 6.07) is 27.0. The van der Waals surface area contributed by atoms with E-state index in [0.29, 0.717) is 31.0 Å². The zero-order valence-corrected chi connectivity index (χ0v) is 21.9. The van der Waals surface area contributed by atoms with E-state index in [9.17, 15) is 14.7 Å². The zero-order chi connectivity index (χ0) is 26.2. The number of carboxylic acid groups (broad SMARTS) is 1. The van der Waals surface area contributed by atoms with Crippen LogP contribution >= 0.6 is 11.8 Å². The van der Waals surface area contributed by atoms with Crippen LogP contribution in [0, 0.1) is 6.92 Å². The molecule has 2 N–H and O–H groups in total. The van der Waals surface area contributed by atoms with Crippen LogP contribution in [0.4, 0.5) is 0 Å². The standard InChI is InChI=1S/C31H31NO4S.Li.H/c1-21-8-3-5-12-25(21)28-18-22(14-15-27(28)30(33)32-29(31(34)35)16-17-37-2)19-36-20-24-11-7-10-23-9-4-6-13-26(23)24;;/h3-15,18,29H,16-17,19-20H2,1-2H3,(H,32,33)(H,34,35);;. The van der Waals surface area contributed by atoms with Gasteiger partial charge in [-0.1, -0.05) is 72.8 Å². The Labute approximate surface area is 240 Å². The van der Waals surface area contributed by atoms with E-state index in [0.717, 1.165) is 27.8 Å². The predicted octanol–water partition coefficient (Wildman–Crippen LogP) is 5.82. The molecule has 1 unspecified atom stereocenters. The molecule has 5 nitrogen and oxygen atoms in total. The number of ether oxygens (including phenoxy) is 1. The molecular formula is C31H32LiNO4S. The van der Waals surface area contributed by atoms with E-state index in [1.54, 1.807) is 17.8 Å². The molecule has 0 saturated carbocycles. The summed E-state index contributed by atoms with van der Waals surface area (Å²) in [5.41, 5.74) is 5.23. The summed E-state index contributed by atoms with van der Waals surface area (Å²) >= 11 is 1.55. The number of carbonyl (C=O) groups excluding carboxylic acids is 1. The number of hydrogen-bond acceptors (Lipinski definition) is 4. The van der Waals surface area contributed by atoms with Gasteiger partial charge in [0.2, 0.25) is 0 Å². The van der Waals surface area contributed by atoms with Crippen molar-refractivity contribution in [2.75, 3.05) is 12.0 Å². The van der Waals surface area contributed by atoms with Crippen molar-refractivity contribution in [1.29, 1.82) is 0 Å². The number of thioether (sulfide) groups is 1. The number of carbonyl (C=O) groups is 2. The van der Waals surface area contributed by atoms with Crippen LogP contribution in [-0.2, 0) is 22.7 Å². The van der Waals surface area contributed by atoms with E-state index in [-0.39, 0.29) is 18.9 Å². The predicted molar refractivity (Wildman–Crippen MR) is 158 cm³/mol. The van der Waals surface area contributed by atoms with Gasteiger partial charge in [-0.25, -0.2) is 4.79 Å². The number of hydrogen-bond donors (Lipinski definition) is 2. The summed E-state index contributed by atoms with van der Waals surface area (Å²) in [7, 11) is 0. The maximum absolute atomic E-state index is 13.3. The second kappa shape index (κ2) is 14.2. The van der Waals surface area contributed by atoms with Crippen molar-refractivity contribution < 1.29 is 19.4 Å². The first-order chi connectivity index (χ1) is 18.0. The first-order valence-electron chi connectivity index (χ1n) is 12.2. The molecule has 0 aliphatic heterocycles. The fourth-order valence-electron chi connectivity index (χ4n) is 4.40. The Bertz CT molecular complexity index is 1400. The second-order valence-electron chi connectivity index (χ2n) is 8.97. The Kier molecular flexibility index (Phi) is 11.1. The topological polar surface area (TPSA) is 75.6 Å². The van der Waals surface area contributed by atoms with Crippen molar-refractivity contribution in [2.45, 2.75) is 32.6 Å². The molecule has 4 aromatic carbocycles. The van der Waals surface area contributed by atoms with Crippen molar-refractivity contribution in [3.8, 4) is 11.1 Å². The Balaban J connectivity index is 0.00000400. The van der Waals surface area contributed by atoms with Gasteiger partial charge in [-0.15, -0.1) is 0 Å². The summed E-state index contributed by atoms with van der Waals surface area (Å²) in [6.07, 6.45) is 2.28. The van der Waals surface area contributed by atoms with E-state index < -0.39 is 17.9 Å². The molecule has 0 bridgehead atoms. The third kappa shape index (κ3) is 7.30. The Hall–Kier alpha value is -3.01. The molecule has 0 fully saturated rings. The zero-order valence-electron chi connectivity index (χ0n) is 21.1. The molecule has 0 aliphatic rings. The van der Waals surface area contributed by atoms with Crippen LogP contribution in [0.2, 0.25) is 0 Å². The number of carboxylic acids is 1. The van der Waals surface area contributed by atoms with Gasteiger partial charge in [-0.3, -0.25) is 4.79 Å². The molecule has 0 heterocycles.